The van der Waals surface area contributed by atoms with E-state index in [0.717, 1.165) is 4.90 Å². The molecular formula is C26H17Cl4FN2O5. The van der Waals surface area contributed by atoms with Gasteiger partial charge in [-0.1, -0.05) is 58.5 Å². The first-order valence-electron chi connectivity index (χ1n) is 11.1. The average molecular weight is 598 g/mol. The summed E-state index contributed by atoms with van der Waals surface area (Å²) < 4.78 is 25.2. The number of hydrogen-bond donors (Lipinski definition) is 0. The second-order valence-corrected chi connectivity index (χ2v) is 10.1. The summed E-state index contributed by atoms with van der Waals surface area (Å²) in [6.45, 7) is 1.59. The van der Waals surface area contributed by atoms with Gasteiger partial charge >= 0.3 is 0 Å². The van der Waals surface area contributed by atoms with E-state index in [4.69, 9.17) is 55.9 Å². The molecular weight excluding hydrogens is 581 g/mol. The second-order valence-electron chi connectivity index (χ2n) is 8.63. The van der Waals surface area contributed by atoms with Crippen molar-refractivity contribution in [1.29, 1.82) is 0 Å². The summed E-state index contributed by atoms with van der Waals surface area (Å²) in [6.07, 6.45) is 0. The Morgan fingerprint density at radius 2 is 1.32 bits per heavy atom. The first kappa shape index (κ1) is 26.6. The zero-order chi connectivity index (χ0) is 27.6. The van der Waals surface area contributed by atoms with Crippen LogP contribution in [-0.4, -0.2) is 42.9 Å². The lowest BCUT2D eigenvalue weighted by molar-refractivity contribution is -0.130. The van der Waals surface area contributed by atoms with Gasteiger partial charge in [0.25, 0.3) is 17.7 Å². The molecule has 3 aromatic carbocycles. The van der Waals surface area contributed by atoms with Crippen molar-refractivity contribution in [3.63, 3.8) is 0 Å². The molecule has 5 rings (SSSR count). The zero-order valence-corrected chi connectivity index (χ0v) is 23.0. The summed E-state index contributed by atoms with van der Waals surface area (Å²) in [5, 5.41) is -0.867. The Kier molecular flexibility index (Phi) is 6.72. The minimum absolute atomic E-state index is 0.187. The molecule has 1 saturated heterocycles. The fraction of sp³-hybridized carbons (Fsp3) is 0.192. The van der Waals surface area contributed by atoms with Gasteiger partial charge in [-0.05, 0) is 42.3 Å². The van der Waals surface area contributed by atoms with E-state index >= 15 is 0 Å². The maximum absolute atomic E-state index is 14.5. The number of anilines is 1. The van der Waals surface area contributed by atoms with Crippen LogP contribution in [0, 0.1) is 12.7 Å². The van der Waals surface area contributed by atoms with E-state index < -0.39 is 35.6 Å². The lowest BCUT2D eigenvalue weighted by atomic mass is 9.86. The zero-order valence-electron chi connectivity index (χ0n) is 19.9. The first-order chi connectivity index (χ1) is 18.0. The third-order valence-corrected chi connectivity index (χ3v) is 8.46. The minimum Gasteiger partial charge on any atom is -0.493 e. The number of imide groups is 1. The number of carbonyl (C=O) groups excluding carboxylic acids is 3. The highest BCUT2D eigenvalue weighted by molar-refractivity contribution is 6.55. The van der Waals surface area contributed by atoms with Crippen molar-refractivity contribution in [2.45, 2.75) is 19.0 Å². The van der Waals surface area contributed by atoms with Gasteiger partial charge in [0.2, 0.25) is 0 Å². The molecule has 1 fully saturated rings. The van der Waals surface area contributed by atoms with Gasteiger partial charge in [0.15, 0.2) is 11.5 Å². The number of halogens is 5. The topological polar surface area (TPSA) is 76.2 Å². The number of β-lactam (4-membered cyclic amide) rings is 1. The molecule has 2 heterocycles. The largest absolute Gasteiger partial charge is 0.493 e. The van der Waals surface area contributed by atoms with Gasteiger partial charge < -0.3 is 14.4 Å². The van der Waals surface area contributed by atoms with Gasteiger partial charge in [-0.2, -0.15) is 0 Å². The second kappa shape index (κ2) is 9.61. The van der Waals surface area contributed by atoms with E-state index in [9.17, 15) is 18.8 Å². The van der Waals surface area contributed by atoms with Crippen LogP contribution in [-0.2, 0) is 4.79 Å². The Balaban J connectivity index is 1.66. The summed E-state index contributed by atoms with van der Waals surface area (Å²) in [5.41, 5.74) is 0.648. The van der Waals surface area contributed by atoms with Crippen LogP contribution >= 0.6 is 46.4 Å². The fourth-order valence-electron chi connectivity index (χ4n) is 4.73. The van der Waals surface area contributed by atoms with Crippen LogP contribution in [0.15, 0.2) is 36.4 Å². The van der Waals surface area contributed by atoms with Crippen molar-refractivity contribution in [2.24, 2.45) is 0 Å². The molecule has 3 amide bonds. The monoisotopic (exact) mass is 596 g/mol. The summed E-state index contributed by atoms with van der Waals surface area (Å²) in [6, 6.07) is 7.01. The molecule has 2 atom stereocenters. The molecule has 0 saturated carbocycles. The average Bonchev–Trinajstić information content (AvgIpc) is 3.16. The van der Waals surface area contributed by atoms with E-state index in [1.807, 2.05) is 0 Å². The molecule has 38 heavy (non-hydrogen) atoms. The Hall–Kier alpha value is -3.04. The lowest BCUT2D eigenvalue weighted by Gasteiger charge is -2.49. The predicted molar refractivity (Wildman–Crippen MR) is 142 cm³/mol. The van der Waals surface area contributed by atoms with Gasteiger partial charge in [0, 0.05) is 5.69 Å². The maximum atomic E-state index is 14.5. The number of fused-ring (bicyclic) bond motifs is 1. The molecule has 0 radical (unpaired) electrons. The van der Waals surface area contributed by atoms with Crippen molar-refractivity contribution in [1.82, 2.24) is 4.90 Å². The van der Waals surface area contributed by atoms with E-state index in [1.54, 1.807) is 31.2 Å². The minimum atomic E-state index is -1.31. The molecule has 0 unspecified atom stereocenters. The summed E-state index contributed by atoms with van der Waals surface area (Å²) in [5.74, 6) is -2.07. The molecule has 0 bridgehead atoms. The van der Waals surface area contributed by atoms with Crippen LogP contribution in [0.5, 0.6) is 11.5 Å². The number of amides is 3. The van der Waals surface area contributed by atoms with Gasteiger partial charge in [0.1, 0.15) is 11.9 Å². The molecule has 196 valence electrons. The van der Waals surface area contributed by atoms with Gasteiger partial charge in [-0.25, -0.2) is 4.39 Å². The summed E-state index contributed by atoms with van der Waals surface area (Å²) >= 11 is 24.8. The van der Waals surface area contributed by atoms with Crippen LogP contribution in [0.4, 0.5) is 10.1 Å². The van der Waals surface area contributed by atoms with Crippen molar-refractivity contribution < 1.29 is 28.2 Å². The van der Waals surface area contributed by atoms with Gasteiger partial charge in [-0.3, -0.25) is 19.3 Å². The van der Waals surface area contributed by atoms with Crippen LogP contribution in [0.25, 0.3) is 0 Å². The van der Waals surface area contributed by atoms with Crippen LogP contribution in [0.3, 0.4) is 0 Å². The summed E-state index contributed by atoms with van der Waals surface area (Å²) in [7, 11) is 2.91. The number of rotatable bonds is 5. The van der Waals surface area contributed by atoms with Crippen molar-refractivity contribution in [3.05, 3.63) is 84.6 Å². The van der Waals surface area contributed by atoms with Crippen LogP contribution in [0.2, 0.25) is 20.1 Å². The maximum Gasteiger partial charge on any atom is 0.264 e. The van der Waals surface area contributed by atoms with Gasteiger partial charge in [-0.15, -0.1) is 0 Å². The first-order valence-corrected chi connectivity index (χ1v) is 12.6. The molecule has 3 aromatic rings. The normalized spacial score (nSPS) is 18.6. The molecule has 0 N–H and O–H groups in total. The molecule has 12 heteroatoms. The van der Waals surface area contributed by atoms with Crippen LogP contribution in [0.1, 0.15) is 37.9 Å². The highest BCUT2D eigenvalue weighted by Gasteiger charge is 2.58. The van der Waals surface area contributed by atoms with Crippen molar-refractivity contribution in [2.75, 3.05) is 19.1 Å². The number of methoxy groups -OCH3 is 2. The Morgan fingerprint density at radius 3 is 1.84 bits per heavy atom. The lowest BCUT2D eigenvalue weighted by Crippen LogP contribution is -2.67. The molecule has 7 nitrogen and oxygen atoms in total. The molecule has 0 aromatic heterocycles. The Labute approximate surface area is 236 Å². The van der Waals surface area contributed by atoms with Gasteiger partial charge in [0.05, 0.1) is 51.5 Å². The molecule has 0 aliphatic carbocycles. The third-order valence-electron chi connectivity index (χ3n) is 6.66. The number of ether oxygens (including phenoxy) is 2. The Morgan fingerprint density at radius 1 is 0.737 bits per heavy atom. The van der Waals surface area contributed by atoms with Crippen molar-refractivity contribution >= 4 is 69.8 Å². The predicted octanol–water partition coefficient (Wildman–Crippen LogP) is 6.52. The van der Waals surface area contributed by atoms with E-state index in [-0.39, 0.29) is 36.9 Å². The Bertz CT molecular complexity index is 1520. The number of hydrogen-bond acceptors (Lipinski definition) is 5. The number of nitrogens with zero attached hydrogens (tertiary/aromatic N) is 2. The van der Waals surface area contributed by atoms with E-state index in [0.29, 0.717) is 22.6 Å². The molecule has 2 aliphatic heterocycles. The number of aryl methyl sites for hydroxylation is 1. The van der Waals surface area contributed by atoms with E-state index in [1.165, 1.54) is 31.3 Å². The fourth-order valence-corrected chi connectivity index (χ4v) is 5.75. The highest BCUT2D eigenvalue weighted by Crippen LogP contribution is 2.50. The van der Waals surface area contributed by atoms with E-state index in [2.05, 4.69) is 0 Å². The molecule has 0 spiro atoms. The highest BCUT2D eigenvalue weighted by atomic mass is 35.5. The van der Waals surface area contributed by atoms with Crippen LogP contribution < -0.4 is 14.4 Å². The quantitative estimate of drug-likeness (QED) is 0.145. The SMILES string of the molecule is COc1ccc([C@H]2[C@H](N3C(=O)c4c(Cl)c(Cl)c(Cl)c(Cl)c4C3=O)C(=O)N2c2ccc(C)c(F)c2)cc1OC. The van der Waals surface area contributed by atoms with Crippen molar-refractivity contribution in [3.8, 4) is 11.5 Å². The number of benzene rings is 3. The molecule has 2 aliphatic rings. The standard InChI is InChI=1S/C26H17Cl4FN2O5/c1-10-4-6-12(9-13(10)31)32-22(11-5-7-14(37-2)15(8-11)38-3)23(26(32)36)33-24(34)16-17(25(33)35)19(28)21(30)20(29)18(16)27/h4-9,22-23H,1-3H3/t22-,23-/m0/s1. The smallest absolute Gasteiger partial charge is 0.264 e. The summed E-state index contributed by atoms with van der Waals surface area (Å²) in [4.78, 5) is 42.8. The third kappa shape index (κ3) is 3.73. The number of carbonyl (C=O) groups is 3.